The lowest BCUT2D eigenvalue weighted by molar-refractivity contribution is 0.284. The van der Waals surface area contributed by atoms with Crippen molar-refractivity contribution in [2.75, 3.05) is 13.7 Å². The van der Waals surface area contributed by atoms with Crippen molar-refractivity contribution in [2.45, 2.75) is 19.4 Å². The highest BCUT2D eigenvalue weighted by molar-refractivity contribution is 6.30. The minimum Gasteiger partial charge on any atom is -0.493 e. The topological polar surface area (TPSA) is 36.3 Å². The average Bonchev–Trinajstić information content (AvgIpc) is 3.13. The predicted octanol–water partition coefficient (Wildman–Crippen LogP) is 6.22. The fourth-order valence-electron chi connectivity index (χ4n) is 3.41. The van der Waals surface area contributed by atoms with E-state index in [0.717, 1.165) is 58.3 Å². The molecule has 0 spiro atoms. The molecule has 0 atom stereocenters. The fraction of sp³-hybridized carbons (Fsp3) is 0.208. The Morgan fingerprint density at radius 3 is 2.38 bits per heavy atom. The van der Waals surface area contributed by atoms with Crippen LogP contribution in [0.2, 0.25) is 5.02 Å². The summed E-state index contributed by atoms with van der Waals surface area (Å²) >= 11 is 6.06. The second kappa shape index (κ2) is 9.01. The molecule has 4 nitrogen and oxygen atoms in total. The van der Waals surface area contributed by atoms with Gasteiger partial charge in [-0.25, -0.2) is 4.98 Å². The first-order valence-corrected chi connectivity index (χ1v) is 10.1. The number of halogens is 1. The van der Waals surface area contributed by atoms with Crippen LogP contribution in [0, 0.1) is 0 Å². The zero-order valence-corrected chi connectivity index (χ0v) is 17.1. The maximum atomic E-state index is 6.06. The van der Waals surface area contributed by atoms with Gasteiger partial charge >= 0.3 is 0 Å². The third-order valence-corrected chi connectivity index (χ3v) is 5.11. The Kier molecular flexibility index (Phi) is 6.01. The molecule has 1 heterocycles. The van der Waals surface area contributed by atoms with E-state index in [-0.39, 0.29) is 0 Å². The average molecular weight is 407 g/mol. The van der Waals surface area contributed by atoms with Crippen LogP contribution in [-0.2, 0) is 6.54 Å². The van der Waals surface area contributed by atoms with Crippen LogP contribution in [0.1, 0.15) is 12.8 Å². The minimum absolute atomic E-state index is 0.642. The summed E-state index contributed by atoms with van der Waals surface area (Å²) in [6, 6.07) is 23.8. The van der Waals surface area contributed by atoms with Crippen LogP contribution >= 0.6 is 11.6 Å². The highest BCUT2D eigenvalue weighted by atomic mass is 35.5. The number of para-hydroxylation sites is 4. The number of aromatic nitrogens is 2. The SMILES string of the molecule is COc1ccccc1OCCCCn1c(-c2ccc(Cl)cc2)nc2ccccc21. The van der Waals surface area contributed by atoms with Gasteiger partial charge in [0, 0.05) is 17.1 Å². The first-order chi connectivity index (χ1) is 14.3. The minimum atomic E-state index is 0.642. The van der Waals surface area contributed by atoms with Gasteiger partial charge in [-0.3, -0.25) is 0 Å². The van der Waals surface area contributed by atoms with E-state index in [9.17, 15) is 0 Å². The Bertz CT molecular complexity index is 1090. The number of benzene rings is 3. The molecule has 0 saturated heterocycles. The first kappa shape index (κ1) is 19.3. The van der Waals surface area contributed by atoms with Crippen molar-refractivity contribution < 1.29 is 9.47 Å². The predicted molar refractivity (Wildman–Crippen MR) is 118 cm³/mol. The second-order valence-corrected chi connectivity index (χ2v) is 7.23. The number of unbranched alkanes of at least 4 members (excludes halogenated alkanes) is 1. The lowest BCUT2D eigenvalue weighted by Crippen LogP contribution is -2.04. The number of ether oxygens (including phenoxy) is 2. The Labute approximate surface area is 175 Å². The number of nitrogens with zero attached hydrogens (tertiary/aromatic N) is 2. The van der Waals surface area contributed by atoms with E-state index in [1.165, 1.54) is 0 Å². The van der Waals surface area contributed by atoms with Gasteiger partial charge in [-0.2, -0.15) is 0 Å². The molecule has 0 N–H and O–H groups in total. The zero-order chi connectivity index (χ0) is 20.1. The molecular formula is C24H23ClN2O2. The molecule has 0 aliphatic carbocycles. The van der Waals surface area contributed by atoms with Crippen LogP contribution < -0.4 is 9.47 Å². The van der Waals surface area contributed by atoms with Crippen LogP contribution in [-0.4, -0.2) is 23.3 Å². The van der Waals surface area contributed by atoms with Gasteiger partial charge < -0.3 is 14.0 Å². The number of aryl methyl sites for hydroxylation is 1. The third kappa shape index (κ3) is 4.38. The molecule has 4 aromatic rings. The maximum Gasteiger partial charge on any atom is 0.161 e. The summed E-state index contributed by atoms with van der Waals surface area (Å²) in [5, 5.41) is 0.727. The summed E-state index contributed by atoms with van der Waals surface area (Å²) in [5.74, 6) is 2.51. The Morgan fingerprint density at radius 1 is 0.862 bits per heavy atom. The summed E-state index contributed by atoms with van der Waals surface area (Å²) in [6.07, 6.45) is 1.92. The number of fused-ring (bicyclic) bond motifs is 1. The molecule has 0 fully saturated rings. The molecule has 0 aliphatic heterocycles. The summed E-state index contributed by atoms with van der Waals surface area (Å²) in [7, 11) is 1.66. The van der Waals surface area contributed by atoms with Crippen molar-refractivity contribution in [3.8, 4) is 22.9 Å². The molecule has 148 valence electrons. The van der Waals surface area contributed by atoms with Gasteiger partial charge in [0.05, 0.1) is 24.8 Å². The van der Waals surface area contributed by atoms with E-state index >= 15 is 0 Å². The van der Waals surface area contributed by atoms with E-state index in [0.29, 0.717) is 6.61 Å². The molecule has 0 saturated carbocycles. The summed E-state index contributed by atoms with van der Waals surface area (Å²) in [6.45, 7) is 1.51. The molecule has 29 heavy (non-hydrogen) atoms. The Balaban J connectivity index is 1.46. The molecule has 0 aliphatic rings. The van der Waals surface area contributed by atoms with Gasteiger partial charge in [0.15, 0.2) is 11.5 Å². The van der Waals surface area contributed by atoms with Crippen molar-refractivity contribution in [3.05, 3.63) is 77.8 Å². The van der Waals surface area contributed by atoms with Gasteiger partial charge in [-0.1, -0.05) is 35.9 Å². The molecule has 4 rings (SSSR count). The lowest BCUT2D eigenvalue weighted by atomic mass is 10.2. The molecule has 1 aromatic heterocycles. The number of rotatable bonds is 8. The standard InChI is InChI=1S/C24H23ClN2O2/c1-28-22-10-4-5-11-23(22)29-17-7-6-16-27-21-9-3-2-8-20(21)26-24(27)18-12-14-19(25)15-13-18/h2-5,8-15H,6-7,16-17H2,1H3. The van der Waals surface area contributed by atoms with Crippen molar-refractivity contribution >= 4 is 22.6 Å². The second-order valence-electron chi connectivity index (χ2n) is 6.79. The van der Waals surface area contributed by atoms with Gasteiger partial charge in [-0.15, -0.1) is 0 Å². The fourth-order valence-corrected chi connectivity index (χ4v) is 3.54. The van der Waals surface area contributed by atoms with Gasteiger partial charge in [0.1, 0.15) is 5.82 Å². The van der Waals surface area contributed by atoms with Gasteiger partial charge in [-0.05, 0) is 61.4 Å². The first-order valence-electron chi connectivity index (χ1n) is 9.73. The zero-order valence-electron chi connectivity index (χ0n) is 16.3. The third-order valence-electron chi connectivity index (χ3n) is 4.86. The highest BCUT2D eigenvalue weighted by Gasteiger charge is 2.12. The Hall–Kier alpha value is -2.98. The van der Waals surface area contributed by atoms with Crippen LogP contribution in [0.3, 0.4) is 0 Å². The smallest absolute Gasteiger partial charge is 0.161 e. The van der Waals surface area contributed by atoms with Gasteiger partial charge in [0.25, 0.3) is 0 Å². The molecule has 5 heteroatoms. The van der Waals surface area contributed by atoms with Crippen LogP contribution in [0.5, 0.6) is 11.5 Å². The quantitative estimate of drug-likeness (QED) is 0.326. The maximum absolute atomic E-state index is 6.06. The largest absolute Gasteiger partial charge is 0.493 e. The number of imidazole rings is 1. The van der Waals surface area contributed by atoms with Crippen molar-refractivity contribution in [3.63, 3.8) is 0 Å². The van der Waals surface area contributed by atoms with E-state index < -0.39 is 0 Å². The summed E-state index contributed by atoms with van der Waals surface area (Å²) < 4.78 is 13.5. The van der Waals surface area contributed by atoms with E-state index in [1.54, 1.807) is 7.11 Å². The van der Waals surface area contributed by atoms with Crippen molar-refractivity contribution in [2.24, 2.45) is 0 Å². The summed E-state index contributed by atoms with van der Waals surface area (Å²) in [4.78, 5) is 4.85. The molecule has 0 radical (unpaired) electrons. The van der Waals surface area contributed by atoms with Crippen LogP contribution in [0.15, 0.2) is 72.8 Å². The highest BCUT2D eigenvalue weighted by Crippen LogP contribution is 2.27. The van der Waals surface area contributed by atoms with E-state index in [1.807, 2.05) is 54.6 Å². The molecule has 0 amide bonds. The molecule has 0 bridgehead atoms. The van der Waals surface area contributed by atoms with Crippen LogP contribution in [0.25, 0.3) is 22.4 Å². The number of hydrogen-bond donors (Lipinski definition) is 0. The van der Waals surface area contributed by atoms with Crippen molar-refractivity contribution in [1.82, 2.24) is 9.55 Å². The number of hydrogen-bond acceptors (Lipinski definition) is 3. The molecular weight excluding hydrogens is 384 g/mol. The monoisotopic (exact) mass is 406 g/mol. The molecule has 3 aromatic carbocycles. The normalized spacial score (nSPS) is 11.0. The lowest BCUT2D eigenvalue weighted by Gasteiger charge is -2.12. The van der Waals surface area contributed by atoms with E-state index in [4.69, 9.17) is 26.1 Å². The van der Waals surface area contributed by atoms with E-state index in [2.05, 4.69) is 22.8 Å². The van der Waals surface area contributed by atoms with Crippen LogP contribution in [0.4, 0.5) is 0 Å². The number of methoxy groups -OCH3 is 1. The Morgan fingerprint density at radius 2 is 1.59 bits per heavy atom. The molecule has 0 unspecified atom stereocenters. The summed E-state index contributed by atoms with van der Waals surface area (Å²) in [5.41, 5.74) is 3.21. The van der Waals surface area contributed by atoms with Crippen molar-refractivity contribution in [1.29, 1.82) is 0 Å². The van der Waals surface area contributed by atoms with Gasteiger partial charge in [0.2, 0.25) is 0 Å².